The number of aliphatic carboxylic acids is 1. The van der Waals surface area contributed by atoms with E-state index in [9.17, 15) is 28.3 Å². The number of hydrogen-bond acceptors (Lipinski definition) is 5. The SMILES string of the molecule is CC(=O)Cc1cc(F)c(C(=O)N[C@@H](Cc2ccc(-c3ccc(C#N)cc3Cl)c3ncccc23)C(=O)O)c(F)c1. The predicted octanol–water partition coefficient (Wildman–Crippen LogP) is 5.26. The molecule has 0 spiro atoms. The third-order valence-corrected chi connectivity index (χ3v) is 6.37. The number of Topliss-reactive ketones (excluding diaryl/α,β-unsaturated/α-hetero) is 1. The number of carboxylic acid groups (broad SMARTS) is 1. The Balaban J connectivity index is 1.66. The number of amides is 1. The average Bonchev–Trinajstić information content (AvgIpc) is 2.87. The fourth-order valence-corrected chi connectivity index (χ4v) is 4.59. The molecule has 0 bridgehead atoms. The average molecular weight is 548 g/mol. The molecule has 0 unspecified atom stereocenters. The van der Waals surface area contributed by atoms with Gasteiger partial charge in [0.2, 0.25) is 0 Å². The Hall–Kier alpha value is -4.68. The summed E-state index contributed by atoms with van der Waals surface area (Å²) in [5, 5.41) is 22.0. The van der Waals surface area contributed by atoms with E-state index in [1.54, 1.807) is 42.6 Å². The Morgan fingerprint density at radius 3 is 2.38 bits per heavy atom. The lowest BCUT2D eigenvalue weighted by Crippen LogP contribution is -2.43. The molecular formula is C29H20ClF2N3O4. The van der Waals surface area contributed by atoms with E-state index in [1.165, 1.54) is 13.0 Å². The second-order valence-corrected chi connectivity index (χ2v) is 9.27. The molecule has 1 amide bonds. The van der Waals surface area contributed by atoms with Crippen molar-refractivity contribution in [3.63, 3.8) is 0 Å². The van der Waals surface area contributed by atoms with E-state index in [0.717, 1.165) is 12.1 Å². The summed E-state index contributed by atoms with van der Waals surface area (Å²) in [6, 6.07) is 13.8. The van der Waals surface area contributed by atoms with Crippen molar-refractivity contribution in [2.24, 2.45) is 0 Å². The zero-order chi connectivity index (χ0) is 28.3. The Morgan fingerprint density at radius 2 is 1.77 bits per heavy atom. The molecule has 3 aromatic carbocycles. The molecule has 1 atom stereocenters. The molecule has 196 valence electrons. The lowest BCUT2D eigenvalue weighted by atomic mass is 9.94. The number of hydrogen-bond donors (Lipinski definition) is 2. The molecule has 0 fully saturated rings. The molecule has 0 saturated carbocycles. The van der Waals surface area contributed by atoms with E-state index < -0.39 is 35.1 Å². The van der Waals surface area contributed by atoms with Crippen LogP contribution in [0.3, 0.4) is 0 Å². The standard InChI is InChI=1S/C29H20ClF2N3O4/c1-15(36)9-17-11-23(31)26(24(32)12-17)28(37)35-25(29(38)39)13-18-5-7-21(27-19(18)3-2-8-34-27)20-6-4-16(14-33)10-22(20)30/h2-8,10-12,25H,9,13H2,1H3,(H,35,37)(H,38,39)/t25-/m0/s1. The molecule has 1 aromatic heterocycles. The smallest absolute Gasteiger partial charge is 0.326 e. The maximum Gasteiger partial charge on any atom is 0.326 e. The number of nitriles is 1. The summed E-state index contributed by atoms with van der Waals surface area (Å²) in [5.74, 6) is -5.37. The number of benzene rings is 3. The molecule has 0 aliphatic heterocycles. The van der Waals surface area contributed by atoms with E-state index in [-0.39, 0.29) is 24.2 Å². The monoisotopic (exact) mass is 547 g/mol. The second-order valence-electron chi connectivity index (χ2n) is 8.86. The first-order chi connectivity index (χ1) is 18.6. The van der Waals surface area contributed by atoms with Crippen molar-refractivity contribution in [1.29, 1.82) is 5.26 Å². The Labute approximate surface area is 226 Å². The first-order valence-corrected chi connectivity index (χ1v) is 12.0. The minimum absolute atomic E-state index is 0.0604. The summed E-state index contributed by atoms with van der Waals surface area (Å²) in [4.78, 5) is 40.5. The van der Waals surface area contributed by atoms with Crippen LogP contribution in [0, 0.1) is 23.0 Å². The van der Waals surface area contributed by atoms with Gasteiger partial charge >= 0.3 is 5.97 Å². The summed E-state index contributed by atoms with van der Waals surface area (Å²) in [7, 11) is 0. The van der Waals surface area contributed by atoms with Gasteiger partial charge in [-0.1, -0.05) is 35.9 Å². The van der Waals surface area contributed by atoms with Crippen LogP contribution in [-0.2, 0) is 22.4 Å². The number of carboxylic acids is 1. The van der Waals surface area contributed by atoms with E-state index in [1.807, 2.05) is 6.07 Å². The third kappa shape index (κ3) is 5.92. The maximum absolute atomic E-state index is 14.6. The minimum Gasteiger partial charge on any atom is -0.480 e. The van der Waals surface area contributed by atoms with Gasteiger partial charge in [-0.3, -0.25) is 14.6 Å². The van der Waals surface area contributed by atoms with Crippen LogP contribution in [0.1, 0.15) is 34.0 Å². The van der Waals surface area contributed by atoms with Crippen molar-refractivity contribution in [1.82, 2.24) is 10.3 Å². The van der Waals surface area contributed by atoms with E-state index in [0.29, 0.717) is 38.2 Å². The topological polar surface area (TPSA) is 120 Å². The molecule has 4 rings (SSSR count). The summed E-state index contributed by atoms with van der Waals surface area (Å²) < 4.78 is 29.2. The molecule has 4 aromatic rings. The van der Waals surface area contributed by atoms with Crippen LogP contribution in [0.4, 0.5) is 8.78 Å². The van der Waals surface area contributed by atoms with Gasteiger partial charge in [-0.15, -0.1) is 0 Å². The van der Waals surface area contributed by atoms with Gasteiger partial charge in [0.05, 0.1) is 17.1 Å². The molecular weight excluding hydrogens is 528 g/mol. The van der Waals surface area contributed by atoms with Gasteiger partial charge in [-0.2, -0.15) is 5.26 Å². The Morgan fingerprint density at radius 1 is 1.08 bits per heavy atom. The number of fused-ring (bicyclic) bond motifs is 1. The normalized spacial score (nSPS) is 11.6. The fourth-order valence-electron chi connectivity index (χ4n) is 4.31. The van der Waals surface area contributed by atoms with Crippen LogP contribution >= 0.6 is 11.6 Å². The van der Waals surface area contributed by atoms with Crippen LogP contribution in [0.2, 0.25) is 5.02 Å². The predicted molar refractivity (Wildman–Crippen MR) is 140 cm³/mol. The van der Waals surface area contributed by atoms with Crippen LogP contribution in [-0.4, -0.2) is 33.8 Å². The first kappa shape index (κ1) is 27.4. The van der Waals surface area contributed by atoms with Gasteiger partial charge in [0.25, 0.3) is 5.91 Å². The second kappa shape index (κ2) is 11.4. The molecule has 7 nitrogen and oxygen atoms in total. The zero-order valence-corrected chi connectivity index (χ0v) is 21.2. The van der Waals surface area contributed by atoms with Gasteiger partial charge in [0.1, 0.15) is 29.0 Å². The van der Waals surface area contributed by atoms with Crippen molar-refractivity contribution < 1.29 is 28.3 Å². The molecule has 2 N–H and O–H groups in total. The van der Waals surface area contributed by atoms with Crippen molar-refractivity contribution in [2.45, 2.75) is 25.8 Å². The highest BCUT2D eigenvalue weighted by atomic mass is 35.5. The van der Waals surface area contributed by atoms with Gasteiger partial charge in [0, 0.05) is 40.6 Å². The molecule has 10 heteroatoms. The Bertz CT molecular complexity index is 1660. The van der Waals surface area contributed by atoms with Crippen LogP contribution in [0.25, 0.3) is 22.0 Å². The number of carbonyl (C=O) groups excluding carboxylic acids is 2. The fraction of sp³-hybridized carbons (Fsp3) is 0.138. The number of aromatic nitrogens is 1. The molecule has 0 radical (unpaired) electrons. The lowest BCUT2D eigenvalue weighted by Gasteiger charge is -2.18. The van der Waals surface area contributed by atoms with E-state index in [2.05, 4.69) is 10.3 Å². The quantitative estimate of drug-likeness (QED) is 0.310. The van der Waals surface area contributed by atoms with Crippen molar-refractivity contribution in [2.75, 3.05) is 0 Å². The van der Waals surface area contributed by atoms with Crippen LogP contribution < -0.4 is 5.32 Å². The number of carbonyl (C=O) groups is 3. The Kier molecular flexibility index (Phi) is 7.98. The summed E-state index contributed by atoms with van der Waals surface area (Å²) in [6.45, 7) is 1.26. The highest BCUT2D eigenvalue weighted by Crippen LogP contribution is 2.34. The number of pyridine rings is 1. The van der Waals surface area contributed by atoms with Crippen molar-refractivity contribution >= 4 is 40.2 Å². The van der Waals surface area contributed by atoms with Crippen molar-refractivity contribution in [3.8, 4) is 17.2 Å². The highest BCUT2D eigenvalue weighted by Gasteiger charge is 2.26. The number of ketones is 1. The number of halogens is 3. The van der Waals surface area contributed by atoms with Gasteiger partial charge in [-0.25, -0.2) is 13.6 Å². The molecule has 0 aliphatic rings. The van der Waals surface area contributed by atoms with Gasteiger partial charge < -0.3 is 10.4 Å². The molecule has 0 aliphatic carbocycles. The molecule has 1 heterocycles. The number of rotatable bonds is 8. The lowest BCUT2D eigenvalue weighted by molar-refractivity contribution is -0.139. The third-order valence-electron chi connectivity index (χ3n) is 6.06. The van der Waals surface area contributed by atoms with Crippen molar-refractivity contribution in [3.05, 3.63) is 99.7 Å². The van der Waals surface area contributed by atoms with Crippen LogP contribution in [0.15, 0.2) is 60.8 Å². The number of nitrogens with zero attached hydrogens (tertiary/aromatic N) is 2. The summed E-state index contributed by atoms with van der Waals surface area (Å²) in [5.41, 5.74) is 1.80. The van der Waals surface area contributed by atoms with Crippen LogP contribution in [0.5, 0.6) is 0 Å². The minimum atomic E-state index is -1.53. The van der Waals surface area contributed by atoms with Gasteiger partial charge in [0.15, 0.2) is 0 Å². The zero-order valence-electron chi connectivity index (χ0n) is 20.5. The van der Waals surface area contributed by atoms with E-state index in [4.69, 9.17) is 16.9 Å². The van der Waals surface area contributed by atoms with E-state index >= 15 is 0 Å². The largest absolute Gasteiger partial charge is 0.480 e. The molecule has 0 saturated heterocycles. The first-order valence-electron chi connectivity index (χ1n) is 11.7. The summed E-state index contributed by atoms with van der Waals surface area (Å²) in [6.07, 6.45) is 1.14. The highest BCUT2D eigenvalue weighted by molar-refractivity contribution is 6.33. The number of nitrogens with one attached hydrogen (secondary N) is 1. The van der Waals surface area contributed by atoms with Gasteiger partial charge in [-0.05, 0) is 48.4 Å². The summed E-state index contributed by atoms with van der Waals surface area (Å²) >= 11 is 6.40. The molecule has 39 heavy (non-hydrogen) atoms. The maximum atomic E-state index is 14.6.